The molecule has 3 amide bonds. The van der Waals surface area contributed by atoms with Crippen molar-refractivity contribution in [3.05, 3.63) is 0 Å². The highest BCUT2D eigenvalue weighted by molar-refractivity contribution is 7.80. The van der Waals surface area contributed by atoms with E-state index in [0.29, 0.717) is 6.42 Å². The topological polar surface area (TPSA) is 229 Å². The lowest BCUT2D eigenvalue weighted by atomic mass is 10.1. The van der Waals surface area contributed by atoms with Crippen molar-refractivity contribution >= 4 is 42.3 Å². The van der Waals surface area contributed by atoms with Gasteiger partial charge in [0.05, 0.1) is 12.5 Å². The molecule has 0 aliphatic carbocycles. The molecule has 3 atom stereocenters. The number of nitrogens with one attached hydrogen (secondary N) is 2. The summed E-state index contributed by atoms with van der Waals surface area (Å²) in [4.78, 5) is 50.0. The zero-order chi connectivity index (χ0) is 20.3. The first kappa shape index (κ1) is 23.5. The number of thiol groups is 1. The van der Waals surface area contributed by atoms with Crippen LogP contribution in [0.15, 0.2) is 4.99 Å². The van der Waals surface area contributed by atoms with Crippen LogP contribution in [0.1, 0.15) is 19.3 Å². The standard InChI is InChI=1S/C13H25N7O5S/c14-6(2-1-3-18-13(16)17)10(22)19-7(4-9(15)21)11(23)20-8(5-26)12(24)25/h6-8,26H,1-5,14H2,(H2,15,21)(H,19,22)(H,20,23)(H,24,25)(H4,16,17,18)/t6-,7-,8-/m0/s1. The Balaban J connectivity index is 4.79. The maximum Gasteiger partial charge on any atom is 0.327 e. The van der Waals surface area contributed by atoms with E-state index in [1.54, 1.807) is 0 Å². The minimum atomic E-state index is -1.36. The van der Waals surface area contributed by atoms with E-state index in [-0.39, 0.29) is 24.7 Å². The van der Waals surface area contributed by atoms with Crippen LogP contribution >= 0.6 is 12.6 Å². The number of primary amides is 1. The van der Waals surface area contributed by atoms with E-state index >= 15 is 0 Å². The highest BCUT2D eigenvalue weighted by Crippen LogP contribution is 2.00. The molecule has 0 saturated heterocycles. The molecule has 0 bridgehead atoms. The van der Waals surface area contributed by atoms with Gasteiger partial charge in [-0.1, -0.05) is 0 Å². The van der Waals surface area contributed by atoms with Crippen LogP contribution in [0, 0.1) is 0 Å². The normalized spacial score (nSPS) is 13.8. The molecule has 13 heteroatoms. The lowest BCUT2D eigenvalue weighted by molar-refractivity contribution is -0.141. The van der Waals surface area contributed by atoms with Crippen LogP contribution in [0.3, 0.4) is 0 Å². The van der Waals surface area contributed by atoms with Gasteiger partial charge < -0.3 is 38.7 Å². The number of amides is 3. The third kappa shape index (κ3) is 9.68. The molecule has 0 spiro atoms. The second-order valence-electron chi connectivity index (χ2n) is 5.37. The fourth-order valence-electron chi connectivity index (χ4n) is 1.80. The first-order valence-corrected chi connectivity index (χ1v) is 8.25. The van der Waals surface area contributed by atoms with Gasteiger partial charge in [0.2, 0.25) is 17.7 Å². The predicted octanol–water partition coefficient (Wildman–Crippen LogP) is -3.77. The van der Waals surface area contributed by atoms with Crippen LogP contribution in [-0.2, 0) is 19.2 Å². The van der Waals surface area contributed by atoms with Crippen LogP contribution in [0.2, 0.25) is 0 Å². The number of guanidine groups is 1. The molecule has 0 aromatic heterocycles. The Morgan fingerprint density at radius 1 is 1.04 bits per heavy atom. The first-order valence-electron chi connectivity index (χ1n) is 7.62. The number of hydrogen-bond acceptors (Lipinski definition) is 7. The van der Waals surface area contributed by atoms with Gasteiger partial charge in [-0.2, -0.15) is 12.6 Å². The third-order valence-electron chi connectivity index (χ3n) is 3.14. The highest BCUT2D eigenvalue weighted by Gasteiger charge is 2.28. The summed E-state index contributed by atoms with van der Waals surface area (Å²) in [6.07, 6.45) is 0.124. The molecule has 0 aliphatic heterocycles. The van der Waals surface area contributed by atoms with Crippen LogP contribution in [0.4, 0.5) is 0 Å². The van der Waals surface area contributed by atoms with Crippen molar-refractivity contribution in [2.75, 3.05) is 12.3 Å². The Morgan fingerprint density at radius 3 is 2.08 bits per heavy atom. The fourth-order valence-corrected chi connectivity index (χ4v) is 2.04. The van der Waals surface area contributed by atoms with Crippen molar-refractivity contribution in [2.24, 2.45) is 27.9 Å². The molecule has 0 unspecified atom stereocenters. The van der Waals surface area contributed by atoms with E-state index in [9.17, 15) is 19.2 Å². The number of aliphatic imine (C=N–C) groups is 1. The molecule has 0 radical (unpaired) electrons. The number of aliphatic carboxylic acids is 1. The summed E-state index contributed by atoms with van der Waals surface area (Å²) >= 11 is 3.81. The molecular formula is C13H25N7O5S. The van der Waals surface area contributed by atoms with Gasteiger partial charge in [-0.3, -0.25) is 19.4 Å². The molecule has 26 heavy (non-hydrogen) atoms. The van der Waals surface area contributed by atoms with Gasteiger partial charge in [0.25, 0.3) is 0 Å². The monoisotopic (exact) mass is 391 g/mol. The SMILES string of the molecule is NC(=O)C[C@H](NC(=O)[C@@H](N)CCCN=C(N)N)C(=O)N[C@@H](CS)C(=O)O. The lowest BCUT2D eigenvalue weighted by Gasteiger charge is -2.21. The van der Waals surface area contributed by atoms with Gasteiger partial charge >= 0.3 is 5.97 Å². The molecule has 0 saturated carbocycles. The molecule has 12 nitrogen and oxygen atoms in total. The predicted molar refractivity (Wildman–Crippen MR) is 97.0 cm³/mol. The summed E-state index contributed by atoms with van der Waals surface area (Å²) in [5.41, 5.74) is 21.1. The van der Waals surface area contributed by atoms with Crippen LogP contribution in [0.25, 0.3) is 0 Å². The average Bonchev–Trinajstić information content (AvgIpc) is 2.54. The highest BCUT2D eigenvalue weighted by atomic mass is 32.1. The van der Waals surface area contributed by atoms with E-state index in [4.69, 9.17) is 28.0 Å². The molecule has 11 N–H and O–H groups in total. The molecule has 0 fully saturated rings. The summed E-state index contributed by atoms with van der Waals surface area (Å²) in [6.45, 7) is 0.275. The van der Waals surface area contributed by atoms with Crippen molar-refractivity contribution in [1.29, 1.82) is 0 Å². The van der Waals surface area contributed by atoms with Gasteiger partial charge in [0.1, 0.15) is 12.1 Å². The van der Waals surface area contributed by atoms with Crippen molar-refractivity contribution < 1.29 is 24.3 Å². The average molecular weight is 391 g/mol. The first-order chi connectivity index (χ1) is 12.1. The maximum absolute atomic E-state index is 12.1. The van der Waals surface area contributed by atoms with E-state index in [2.05, 4.69) is 28.3 Å². The largest absolute Gasteiger partial charge is 0.480 e. The summed E-state index contributed by atoms with van der Waals surface area (Å²) < 4.78 is 0. The Morgan fingerprint density at radius 2 is 1.62 bits per heavy atom. The summed E-state index contributed by atoms with van der Waals surface area (Å²) in [5.74, 6) is -4.01. The summed E-state index contributed by atoms with van der Waals surface area (Å²) in [7, 11) is 0. The number of rotatable bonds is 12. The lowest BCUT2D eigenvalue weighted by Crippen LogP contribution is -2.55. The number of nitrogens with two attached hydrogens (primary N) is 4. The Hall–Kier alpha value is -2.54. The zero-order valence-electron chi connectivity index (χ0n) is 14.1. The fraction of sp³-hybridized carbons (Fsp3) is 0.615. The van der Waals surface area contributed by atoms with E-state index in [1.165, 1.54) is 0 Å². The van der Waals surface area contributed by atoms with Gasteiger partial charge in [-0.15, -0.1) is 0 Å². The molecule has 0 aromatic carbocycles. The smallest absolute Gasteiger partial charge is 0.327 e. The van der Waals surface area contributed by atoms with E-state index in [1.807, 2.05) is 0 Å². The van der Waals surface area contributed by atoms with Crippen LogP contribution in [0.5, 0.6) is 0 Å². The quantitative estimate of drug-likeness (QED) is 0.0710. The van der Waals surface area contributed by atoms with Crippen molar-refractivity contribution in [3.8, 4) is 0 Å². The van der Waals surface area contributed by atoms with Crippen LogP contribution in [-0.4, -0.2) is 65.2 Å². The number of hydrogen-bond donors (Lipinski definition) is 8. The van der Waals surface area contributed by atoms with Gasteiger partial charge in [-0.25, -0.2) is 4.79 Å². The molecule has 0 heterocycles. The summed E-state index contributed by atoms with van der Waals surface area (Å²) in [5, 5.41) is 13.4. The molecule has 0 aromatic rings. The zero-order valence-corrected chi connectivity index (χ0v) is 14.9. The van der Waals surface area contributed by atoms with Gasteiger partial charge in [0.15, 0.2) is 5.96 Å². The van der Waals surface area contributed by atoms with Crippen molar-refractivity contribution in [1.82, 2.24) is 10.6 Å². The second kappa shape index (κ2) is 11.9. The molecule has 0 aliphatic rings. The molecule has 0 rings (SSSR count). The minimum Gasteiger partial charge on any atom is -0.480 e. The third-order valence-corrected chi connectivity index (χ3v) is 3.50. The number of carbonyl (C=O) groups is 4. The Labute approximate surface area is 155 Å². The van der Waals surface area contributed by atoms with Crippen LogP contribution < -0.4 is 33.6 Å². The number of carboxylic acid groups (broad SMARTS) is 1. The maximum atomic E-state index is 12.1. The summed E-state index contributed by atoms with van der Waals surface area (Å²) in [6, 6.07) is -3.62. The van der Waals surface area contributed by atoms with E-state index < -0.39 is 48.2 Å². The number of nitrogens with zero attached hydrogens (tertiary/aromatic N) is 1. The minimum absolute atomic E-state index is 0.0848. The second-order valence-corrected chi connectivity index (χ2v) is 5.73. The Kier molecular flexibility index (Phi) is 10.8. The van der Waals surface area contributed by atoms with Gasteiger partial charge in [0, 0.05) is 12.3 Å². The van der Waals surface area contributed by atoms with Crippen molar-refractivity contribution in [2.45, 2.75) is 37.4 Å². The van der Waals surface area contributed by atoms with Crippen molar-refractivity contribution in [3.63, 3.8) is 0 Å². The molecule has 148 valence electrons. The number of carbonyl (C=O) groups excluding carboxylic acids is 3. The van der Waals surface area contributed by atoms with Gasteiger partial charge in [-0.05, 0) is 12.8 Å². The Bertz CT molecular complexity index is 553. The number of carboxylic acids is 1. The molecular weight excluding hydrogens is 366 g/mol. The van der Waals surface area contributed by atoms with E-state index in [0.717, 1.165) is 0 Å².